The molecule has 0 saturated carbocycles. The van der Waals surface area contributed by atoms with E-state index in [1.807, 2.05) is 61.5 Å². The second kappa shape index (κ2) is 6.79. The molecule has 3 aromatic rings. The summed E-state index contributed by atoms with van der Waals surface area (Å²) in [4.78, 5) is 16.7. The van der Waals surface area contributed by atoms with E-state index in [0.717, 1.165) is 15.7 Å². The summed E-state index contributed by atoms with van der Waals surface area (Å²) in [5, 5.41) is 3.01. The summed E-state index contributed by atoms with van der Waals surface area (Å²) < 4.78 is 2.80. The third-order valence-corrected chi connectivity index (χ3v) is 4.15. The monoisotopic (exact) mass is 369 g/mol. The van der Waals surface area contributed by atoms with Crippen molar-refractivity contribution in [2.75, 3.05) is 0 Å². The predicted octanol–water partition coefficient (Wildman–Crippen LogP) is 4.13. The van der Waals surface area contributed by atoms with E-state index in [4.69, 9.17) is 0 Å². The highest BCUT2D eigenvalue weighted by Crippen LogP contribution is 2.17. The van der Waals surface area contributed by atoms with Crippen molar-refractivity contribution in [2.45, 2.75) is 13.0 Å². The van der Waals surface area contributed by atoms with Crippen molar-refractivity contribution in [3.63, 3.8) is 0 Å². The Morgan fingerprint density at radius 1 is 1.13 bits per heavy atom. The number of carbonyl (C=O) groups is 1. The Bertz CT molecular complexity index is 797. The molecule has 0 bridgehead atoms. The number of halogens is 1. The molecular formula is C18H16BrN3O. The van der Waals surface area contributed by atoms with Gasteiger partial charge in [-0.15, -0.1) is 0 Å². The number of carbonyl (C=O) groups excluding carboxylic acids is 1. The van der Waals surface area contributed by atoms with Crippen LogP contribution in [0.3, 0.4) is 0 Å². The molecule has 1 amide bonds. The van der Waals surface area contributed by atoms with E-state index in [1.54, 1.807) is 17.1 Å². The maximum atomic E-state index is 12.6. The second-order valence-electron chi connectivity index (χ2n) is 5.23. The van der Waals surface area contributed by atoms with E-state index in [1.165, 1.54) is 0 Å². The zero-order valence-electron chi connectivity index (χ0n) is 12.6. The average molecular weight is 370 g/mol. The summed E-state index contributed by atoms with van der Waals surface area (Å²) >= 11 is 3.41. The molecule has 0 fully saturated rings. The van der Waals surface area contributed by atoms with Crippen LogP contribution in [-0.2, 0) is 0 Å². The standard InChI is InChI=1S/C18H16BrN3O/c1-13(14-7-9-15(19)10-8-14)21-18(23)17-11-20-12-22(17)16-5-3-2-4-6-16/h2-13H,1H3,(H,21,23). The molecule has 0 aliphatic heterocycles. The van der Waals surface area contributed by atoms with Crippen molar-refractivity contribution in [3.8, 4) is 5.69 Å². The quantitative estimate of drug-likeness (QED) is 0.751. The van der Waals surface area contributed by atoms with Crippen molar-refractivity contribution in [1.29, 1.82) is 0 Å². The molecule has 23 heavy (non-hydrogen) atoms. The second-order valence-corrected chi connectivity index (χ2v) is 6.15. The average Bonchev–Trinajstić information content (AvgIpc) is 3.06. The van der Waals surface area contributed by atoms with Crippen molar-refractivity contribution < 1.29 is 4.79 Å². The number of aromatic nitrogens is 2. The van der Waals surface area contributed by atoms with Gasteiger partial charge in [0.1, 0.15) is 5.69 Å². The lowest BCUT2D eigenvalue weighted by atomic mass is 10.1. The molecule has 1 atom stereocenters. The fourth-order valence-corrected chi connectivity index (χ4v) is 2.63. The number of hydrogen-bond donors (Lipinski definition) is 1. The highest BCUT2D eigenvalue weighted by molar-refractivity contribution is 9.10. The van der Waals surface area contributed by atoms with Gasteiger partial charge in [0.2, 0.25) is 0 Å². The van der Waals surface area contributed by atoms with E-state index >= 15 is 0 Å². The molecule has 1 heterocycles. The van der Waals surface area contributed by atoms with Gasteiger partial charge in [-0.3, -0.25) is 9.36 Å². The molecule has 0 saturated heterocycles. The van der Waals surface area contributed by atoms with Gasteiger partial charge < -0.3 is 5.32 Å². The van der Waals surface area contributed by atoms with Crippen LogP contribution in [0.2, 0.25) is 0 Å². The number of benzene rings is 2. The zero-order valence-corrected chi connectivity index (χ0v) is 14.2. The highest BCUT2D eigenvalue weighted by Gasteiger charge is 2.16. The predicted molar refractivity (Wildman–Crippen MR) is 93.6 cm³/mol. The molecule has 3 rings (SSSR count). The van der Waals surface area contributed by atoms with Crippen LogP contribution < -0.4 is 5.32 Å². The molecule has 4 nitrogen and oxygen atoms in total. The minimum absolute atomic E-state index is 0.0882. The Balaban J connectivity index is 1.79. The van der Waals surface area contributed by atoms with Gasteiger partial charge in [0.15, 0.2) is 0 Å². The number of amides is 1. The van der Waals surface area contributed by atoms with Gasteiger partial charge in [-0.05, 0) is 36.8 Å². The van der Waals surface area contributed by atoms with Crippen LogP contribution in [0.25, 0.3) is 5.69 Å². The SMILES string of the molecule is CC(NC(=O)c1cncn1-c1ccccc1)c1ccc(Br)cc1. The van der Waals surface area contributed by atoms with Crippen LogP contribution in [0.4, 0.5) is 0 Å². The Morgan fingerprint density at radius 3 is 2.52 bits per heavy atom. The maximum Gasteiger partial charge on any atom is 0.270 e. The van der Waals surface area contributed by atoms with Crippen LogP contribution in [0.1, 0.15) is 29.0 Å². The first-order valence-electron chi connectivity index (χ1n) is 7.29. The fraction of sp³-hybridized carbons (Fsp3) is 0.111. The Labute approximate surface area is 143 Å². The molecule has 2 aromatic carbocycles. The number of nitrogens with zero attached hydrogens (tertiary/aromatic N) is 2. The van der Waals surface area contributed by atoms with E-state index in [0.29, 0.717) is 5.69 Å². The lowest BCUT2D eigenvalue weighted by Gasteiger charge is -2.15. The lowest BCUT2D eigenvalue weighted by Crippen LogP contribution is -2.28. The van der Waals surface area contributed by atoms with Crippen molar-refractivity contribution in [1.82, 2.24) is 14.9 Å². The fourth-order valence-electron chi connectivity index (χ4n) is 2.36. The summed E-state index contributed by atoms with van der Waals surface area (Å²) in [5.74, 6) is -0.151. The number of hydrogen-bond acceptors (Lipinski definition) is 2. The van der Waals surface area contributed by atoms with E-state index in [9.17, 15) is 4.79 Å². The lowest BCUT2D eigenvalue weighted by molar-refractivity contribution is 0.0933. The Morgan fingerprint density at radius 2 is 1.83 bits per heavy atom. The minimum atomic E-state index is -0.151. The molecule has 0 aliphatic carbocycles. The number of nitrogens with one attached hydrogen (secondary N) is 1. The van der Waals surface area contributed by atoms with Crippen molar-refractivity contribution in [2.24, 2.45) is 0 Å². The molecule has 1 aromatic heterocycles. The zero-order chi connectivity index (χ0) is 16.2. The number of para-hydroxylation sites is 1. The van der Waals surface area contributed by atoms with Crippen molar-refractivity contribution in [3.05, 3.63) is 82.9 Å². The topological polar surface area (TPSA) is 46.9 Å². The first kappa shape index (κ1) is 15.5. The molecule has 1 unspecified atom stereocenters. The summed E-state index contributed by atoms with van der Waals surface area (Å²) in [6.45, 7) is 1.96. The molecule has 0 aliphatic rings. The van der Waals surface area contributed by atoms with Crippen LogP contribution in [-0.4, -0.2) is 15.5 Å². The minimum Gasteiger partial charge on any atom is -0.344 e. The van der Waals surface area contributed by atoms with Gasteiger partial charge in [0, 0.05) is 10.2 Å². The smallest absolute Gasteiger partial charge is 0.270 e. The first-order chi connectivity index (χ1) is 11.1. The van der Waals surface area contributed by atoms with Crippen LogP contribution in [0.15, 0.2) is 71.6 Å². The Hall–Kier alpha value is -2.40. The summed E-state index contributed by atoms with van der Waals surface area (Å²) in [6.07, 6.45) is 3.23. The Kier molecular flexibility index (Phi) is 4.57. The molecule has 0 spiro atoms. The molecule has 0 radical (unpaired) electrons. The maximum absolute atomic E-state index is 12.6. The summed E-state index contributed by atoms with van der Waals surface area (Å²) in [7, 11) is 0. The molecular weight excluding hydrogens is 354 g/mol. The van der Waals surface area contributed by atoms with Gasteiger partial charge in [0.05, 0.1) is 18.6 Å². The molecule has 5 heteroatoms. The third kappa shape index (κ3) is 3.51. The van der Waals surface area contributed by atoms with Crippen LogP contribution >= 0.6 is 15.9 Å². The number of imidazole rings is 1. The highest BCUT2D eigenvalue weighted by atomic mass is 79.9. The van der Waals surface area contributed by atoms with Gasteiger partial charge in [-0.25, -0.2) is 4.98 Å². The van der Waals surface area contributed by atoms with Gasteiger partial charge in [-0.2, -0.15) is 0 Å². The molecule has 116 valence electrons. The number of rotatable bonds is 4. The van der Waals surface area contributed by atoms with Crippen molar-refractivity contribution >= 4 is 21.8 Å². The summed E-state index contributed by atoms with van der Waals surface area (Å²) in [5.41, 5.74) is 2.47. The van der Waals surface area contributed by atoms with E-state index in [2.05, 4.69) is 26.2 Å². The van der Waals surface area contributed by atoms with E-state index < -0.39 is 0 Å². The van der Waals surface area contributed by atoms with Crippen LogP contribution in [0.5, 0.6) is 0 Å². The third-order valence-electron chi connectivity index (χ3n) is 3.62. The molecule has 1 N–H and O–H groups in total. The van der Waals surface area contributed by atoms with Gasteiger partial charge >= 0.3 is 0 Å². The largest absolute Gasteiger partial charge is 0.344 e. The van der Waals surface area contributed by atoms with Gasteiger partial charge in [-0.1, -0.05) is 46.3 Å². The van der Waals surface area contributed by atoms with E-state index in [-0.39, 0.29) is 11.9 Å². The summed E-state index contributed by atoms with van der Waals surface area (Å²) in [6, 6.07) is 17.5. The first-order valence-corrected chi connectivity index (χ1v) is 8.08. The van der Waals surface area contributed by atoms with Crippen LogP contribution in [0, 0.1) is 0 Å². The van der Waals surface area contributed by atoms with Gasteiger partial charge in [0.25, 0.3) is 5.91 Å². The normalized spacial score (nSPS) is 11.9.